The number of Topliss-reactive ketones (excluding diaryl/α,β-unsaturated/α-hetero) is 1. The first kappa shape index (κ1) is 31.6. The number of phenolic OH excluding ortho intramolecular Hbond substituents is 1. The number of nitrogens with zero attached hydrogens (tertiary/aromatic N) is 2. The van der Waals surface area contributed by atoms with Crippen LogP contribution in [0.25, 0.3) is 5.57 Å². The Bertz CT molecular complexity index is 2180. The molecule has 0 bridgehead atoms. The number of ketones is 2. The Morgan fingerprint density at radius 3 is 2.20 bits per heavy atom. The Labute approximate surface area is 291 Å². The molecule has 0 spiro atoms. The first-order valence-corrected chi connectivity index (χ1v) is 16.7. The lowest BCUT2D eigenvalue weighted by Crippen LogP contribution is -2.58. The Kier molecular flexibility index (Phi) is 7.42. The molecule has 2 amide bonds. The summed E-state index contributed by atoms with van der Waals surface area (Å²) in [6.07, 6.45) is 3.60. The van der Waals surface area contributed by atoms with E-state index in [-0.39, 0.29) is 47.1 Å². The third-order valence-electron chi connectivity index (χ3n) is 11.0. The number of phenols is 1. The number of aromatic hydroxyl groups is 1. The van der Waals surface area contributed by atoms with Crippen molar-refractivity contribution in [1.82, 2.24) is 0 Å². The van der Waals surface area contributed by atoms with Crippen molar-refractivity contribution in [2.24, 2.45) is 23.7 Å². The highest BCUT2D eigenvalue weighted by molar-refractivity contribution is 6.32. The normalized spacial score (nSPS) is 27.2. The summed E-state index contributed by atoms with van der Waals surface area (Å²) in [6.45, 7) is 0. The van der Waals surface area contributed by atoms with Crippen molar-refractivity contribution in [2.45, 2.75) is 24.2 Å². The highest BCUT2D eigenvalue weighted by Crippen LogP contribution is 2.64. The zero-order valence-electron chi connectivity index (χ0n) is 26.4. The number of carbonyl (C=O) groups excluding carboxylic acids is 4. The van der Waals surface area contributed by atoms with Crippen LogP contribution in [0.3, 0.4) is 0 Å². The summed E-state index contributed by atoms with van der Waals surface area (Å²) in [5.41, 5.74) is 1.03. The van der Waals surface area contributed by atoms with Crippen LogP contribution < -0.4 is 4.90 Å². The van der Waals surface area contributed by atoms with E-state index in [0.717, 1.165) is 4.90 Å². The fraction of sp³-hybridized carbons (Fsp3) is 0.200. The second kappa shape index (κ2) is 11.7. The minimum absolute atomic E-state index is 0.0988. The van der Waals surface area contributed by atoms with Gasteiger partial charge in [0.2, 0.25) is 11.8 Å². The van der Waals surface area contributed by atoms with Crippen LogP contribution >= 0.6 is 11.6 Å². The molecule has 4 aromatic carbocycles. The molecular formula is C40H29ClN2O7. The maximum Gasteiger partial charge on any atom is 0.269 e. The molecule has 1 saturated heterocycles. The average Bonchev–Trinajstić information content (AvgIpc) is 3.39. The zero-order chi connectivity index (χ0) is 34.9. The summed E-state index contributed by atoms with van der Waals surface area (Å²) in [6, 6.07) is 27.9. The lowest BCUT2D eigenvalue weighted by atomic mass is 9.44. The van der Waals surface area contributed by atoms with Crippen LogP contribution in [0.5, 0.6) is 5.75 Å². The van der Waals surface area contributed by atoms with Gasteiger partial charge in [-0.25, -0.2) is 0 Å². The number of nitro benzene ring substituents is 1. The van der Waals surface area contributed by atoms with E-state index >= 15 is 4.79 Å². The molecule has 4 aliphatic rings. The van der Waals surface area contributed by atoms with Gasteiger partial charge < -0.3 is 5.11 Å². The minimum atomic E-state index is -1.50. The molecule has 8 rings (SSSR count). The van der Waals surface area contributed by atoms with Crippen LogP contribution in [0, 0.1) is 33.8 Å². The molecule has 3 aliphatic carbocycles. The molecule has 0 unspecified atom stereocenters. The van der Waals surface area contributed by atoms with Gasteiger partial charge in [-0.15, -0.1) is 0 Å². The van der Waals surface area contributed by atoms with Gasteiger partial charge in [0.15, 0.2) is 11.6 Å². The van der Waals surface area contributed by atoms with E-state index < -0.39 is 51.7 Å². The van der Waals surface area contributed by atoms with E-state index in [1.165, 1.54) is 36.4 Å². The number of rotatable bonds is 5. The highest BCUT2D eigenvalue weighted by atomic mass is 35.5. The van der Waals surface area contributed by atoms with Crippen LogP contribution in [-0.2, 0) is 24.6 Å². The lowest BCUT2D eigenvalue weighted by molar-refractivity contribution is -0.384. The third kappa shape index (κ3) is 4.53. The van der Waals surface area contributed by atoms with E-state index in [9.17, 15) is 29.6 Å². The standard InChI is InChI=1S/C40H29ClN2O7/c41-24-11-18-33(44)31(19-24)36-27-16-17-28-35(39(48)42(38(28)47)25-12-14-26(15-13-25)43(49)50)30(27)20-32-37(46)29(22-7-3-1-4-8-22)21-34(45)40(32,36)23-9-5-2-6-10-23/h1-16,18-19,21,28,30,32,35-36,44H,17,20H2/t28-,30+,32-,35-,36+,40-/m0/s1. The van der Waals surface area contributed by atoms with Gasteiger partial charge >= 0.3 is 0 Å². The quantitative estimate of drug-likeness (QED) is 0.104. The fourth-order valence-electron chi connectivity index (χ4n) is 8.95. The molecule has 0 aromatic heterocycles. The van der Waals surface area contributed by atoms with Crippen LogP contribution in [0.2, 0.25) is 5.02 Å². The maximum absolute atomic E-state index is 15.0. The number of hydrogen-bond donors (Lipinski definition) is 1. The van der Waals surface area contributed by atoms with Gasteiger partial charge in [-0.05, 0) is 66.3 Å². The summed E-state index contributed by atoms with van der Waals surface area (Å²) in [5, 5.41) is 23.1. The zero-order valence-corrected chi connectivity index (χ0v) is 27.2. The Morgan fingerprint density at radius 1 is 0.840 bits per heavy atom. The van der Waals surface area contributed by atoms with E-state index in [1.54, 1.807) is 36.4 Å². The van der Waals surface area contributed by atoms with Crippen molar-refractivity contribution in [3.63, 3.8) is 0 Å². The number of hydrogen-bond acceptors (Lipinski definition) is 7. The second-order valence-corrected chi connectivity index (χ2v) is 13.7. The summed E-state index contributed by atoms with van der Waals surface area (Å²) in [5.74, 6) is -5.74. The number of benzene rings is 4. The molecule has 248 valence electrons. The summed E-state index contributed by atoms with van der Waals surface area (Å²) in [7, 11) is 0. The number of nitro groups is 1. The third-order valence-corrected chi connectivity index (χ3v) is 11.2. The first-order valence-electron chi connectivity index (χ1n) is 16.3. The second-order valence-electron chi connectivity index (χ2n) is 13.3. The molecule has 1 N–H and O–H groups in total. The number of carbonyl (C=O) groups is 4. The topological polar surface area (TPSA) is 135 Å². The largest absolute Gasteiger partial charge is 0.508 e. The van der Waals surface area contributed by atoms with Crippen molar-refractivity contribution in [1.29, 1.82) is 0 Å². The van der Waals surface area contributed by atoms with Gasteiger partial charge in [-0.2, -0.15) is 0 Å². The average molecular weight is 685 g/mol. The van der Waals surface area contributed by atoms with E-state index in [4.69, 9.17) is 11.6 Å². The number of anilines is 1. The van der Waals surface area contributed by atoms with Crippen molar-refractivity contribution in [3.05, 3.63) is 153 Å². The fourth-order valence-corrected chi connectivity index (χ4v) is 9.13. The maximum atomic E-state index is 15.0. The first-order chi connectivity index (χ1) is 24.1. The van der Waals surface area contributed by atoms with Gasteiger partial charge in [0.05, 0.1) is 27.9 Å². The molecule has 1 heterocycles. The van der Waals surface area contributed by atoms with Gasteiger partial charge in [-0.3, -0.25) is 34.2 Å². The Balaban J connectivity index is 1.34. The summed E-state index contributed by atoms with van der Waals surface area (Å²) >= 11 is 6.55. The van der Waals surface area contributed by atoms with Crippen molar-refractivity contribution in [2.75, 3.05) is 4.90 Å². The van der Waals surface area contributed by atoms with Crippen molar-refractivity contribution >= 4 is 51.9 Å². The number of fused-ring (bicyclic) bond motifs is 4. The smallest absolute Gasteiger partial charge is 0.269 e. The van der Waals surface area contributed by atoms with Crippen LogP contribution in [0.1, 0.15) is 35.4 Å². The molecule has 6 atom stereocenters. The number of halogens is 1. The van der Waals surface area contributed by atoms with Gasteiger partial charge in [0, 0.05) is 40.1 Å². The molecule has 9 nitrogen and oxygen atoms in total. The lowest BCUT2D eigenvalue weighted by Gasteiger charge is -2.55. The number of imide groups is 1. The Hall–Kier alpha value is -5.67. The predicted octanol–water partition coefficient (Wildman–Crippen LogP) is 6.98. The number of non-ortho nitro benzene ring substituents is 1. The van der Waals surface area contributed by atoms with Gasteiger partial charge in [0.1, 0.15) is 5.75 Å². The molecule has 2 fully saturated rings. The summed E-state index contributed by atoms with van der Waals surface area (Å²) in [4.78, 5) is 70.2. The molecule has 10 heteroatoms. The van der Waals surface area contributed by atoms with Crippen LogP contribution in [0.4, 0.5) is 11.4 Å². The minimum Gasteiger partial charge on any atom is -0.508 e. The summed E-state index contributed by atoms with van der Waals surface area (Å²) < 4.78 is 0. The molecular weight excluding hydrogens is 656 g/mol. The predicted molar refractivity (Wildman–Crippen MR) is 185 cm³/mol. The van der Waals surface area contributed by atoms with Gasteiger partial charge in [0.25, 0.3) is 5.69 Å². The van der Waals surface area contributed by atoms with Crippen molar-refractivity contribution in [3.8, 4) is 5.75 Å². The van der Waals surface area contributed by atoms with Gasteiger partial charge in [-0.1, -0.05) is 83.9 Å². The number of amides is 2. The molecule has 50 heavy (non-hydrogen) atoms. The van der Waals surface area contributed by atoms with Crippen LogP contribution in [0.15, 0.2) is 121 Å². The monoisotopic (exact) mass is 684 g/mol. The van der Waals surface area contributed by atoms with E-state index in [2.05, 4.69) is 0 Å². The highest BCUT2D eigenvalue weighted by Gasteiger charge is 2.66. The number of allylic oxidation sites excluding steroid dienone is 4. The Morgan fingerprint density at radius 2 is 1.52 bits per heavy atom. The molecule has 0 radical (unpaired) electrons. The SMILES string of the molecule is O=C1C(c2ccccc2)=CC(=O)[C@@]2(c3ccccc3)[C@@H](c3cc(Cl)ccc3O)C3=CC[C@@H]4C(=O)N(c5ccc([N+](=O)[O-])cc5)C(=O)[C@@H]4[C@@H]3C[C@@H]12. The van der Waals surface area contributed by atoms with Crippen LogP contribution in [-0.4, -0.2) is 33.4 Å². The van der Waals surface area contributed by atoms with Crippen molar-refractivity contribution < 1.29 is 29.2 Å². The molecule has 1 aliphatic heterocycles. The van der Waals surface area contributed by atoms with E-state index in [1.807, 2.05) is 42.5 Å². The van der Waals surface area contributed by atoms with E-state index in [0.29, 0.717) is 27.3 Å². The molecule has 4 aromatic rings. The molecule has 1 saturated carbocycles.